The number of thiophene rings is 1. The summed E-state index contributed by atoms with van der Waals surface area (Å²) in [6.45, 7) is 1.33. The number of carbonyl (C=O) groups excluding carboxylic acids is 1. The lowest BCUT2D eigenvalue weighted by Gasteiger charge is -2.10. The van der Waals surface area contributed by atoms with Gasteiger partial charge in [-0.25, -0.2) is 13.2 Å². The molecule has 0 aromatic carbocycles. The number of aromatic carboxylic acids is 1. The minimum atomic E-state index is -3.92. The largest absolute Gasteiger partial charge is 0.477 e. The Kier molecular flexibility index (Phi) is 4.43. The lowest BCUT2D eigenvalue weighted by Crippen LogP contribution is -2.38. The summed E-state index contributed by atoms with van der Waals surface area (Å²) in [7, 11) is -2.78. The molecule has 0 bridgehead atoms. The van der Waals surface area contributed by atoms with Gasteiger partial charge in [0.1, 0.15) is 15.1 Å². The summed E-state index contributed by atoms with van der Waals surface area (Å²) in [6.07, 6.45) is 0. The molecule has 0 aliphatic rings. The van der Waals surface area contributed by atoms with Gasteiger partial charge >= 0.3 is 11.9 Å². The molecule has 1 rings (SSSR count). The molecule has 0 saturated carbocycles. The molecule has 0 fully saturated rings. The van der Waals surface area contributed by atoms with Crippen LogP contribution in [0.1, 0.15) is 16.6 Å². The molecule has 0 radical (unpaired) electrons. The Balaban J connectivity index is 2.92. The molecule has 0 spiro atoms. The monoisotopic (exact) mass is 293 g/mol. The fraction of sp³-hybridized carbons (Fsp3) is 0.333. The molecule has 0 saturated heterocycles. The third kappa shape index (κ3) is 3.28. The van der Waals surface area contributed by atoms with E-state index >= 15 is 0 Å². The molecule has 1 aromatic heterocycles. The summed E-state index contributed by atoms with van der Waals surface area (Å²) in [5, 5.41) is 8.69. The fourth-order valence-corrected chi connectivity index (χ4v) is 3.45. The van der Waals surface area contributed by atoms with Gasteiger partial charge in [0.25, 0.3) is 10.0 Å². The molecule has 100 valence electrons. The summed E-state index contributed by atoms with van der Waals surface area (Å²) in [4.78, 5) is 21.6. The van der Waals surface area contributed by atoms with E-state index in [4.69, 9.17) is 5.11 Å². The van der Waals surface area contributed by atoms with E-state index in [0.29, 0.717) is 11.3 Å². The predicted octanol–water partition coefficient (Wildman–Crippen LogP) is 0.286. The number of hydrogen-bond donors (Lipinski definition) is 2. The van der Waals surface area contributed by atoms with Crippen LogP contribution >= 0.6 is 11.3 Å². The van der Waals surface area contributed by atoms with E-state index in [0.717, 1.165) is 7.11 Å². The van der Waals surface area contributed by atoms with E-state index in [9.17, 15) is 18.0 Å². The quantitative estimate of drug-likeness (QED) is 0.755. The Labute approximate surface area is 107 Å². The second-order valence-corrected chi connectivity index (χ2v) is 6.31. The van der Waals surface area contributed by atoms with Crippen LogP contribution in [0.15, 0.2) is 16.3 Å². The van der Waals surface area contributed by atoms with Crippen LogP contribution < -0.4 is 4.72 Å². The molecule has 0 aliphatic carbocycles. The van der Waals surface area contributed by atoms with Gasteiger partial charge in [0, 0.05) is 0 Å². The molecule has 1 heterocycles. The van der Waals surface area contributed by atoms with Crippen molar-refractivity contribution in [3.63, 3.8) is 0 Å². The van der Waals surface area contributed by atoms with Gasteiger partial charge in [-0.05, 0) is 19.1 Å². The first kappa shape index (κ1) is 14.6. The van der Waals surface area contributed by atoms with Crippen LogP contribution in [-0.2, 0) is 19.6 Å². The maximum absolute atomic E-state index is 11.8. The van der Waals surface area contributed by atoms with Crippen molar-refractivity contribution in [3.8, 4) is 0 Å². The zero-order valence-corrected chi connectivity index (χ0v) is 11.2. The van der Waals surface area contributed by atoms with Crippen LogP contribution in [0.2, 0.25) is 0 Å². The first-order chi connectivity index (χ1) is 8.27. The predicted molar refractivity (Wildman–Crippen MR) is 63.1 cm³/mol. The lowest BCUT2D eigenvalue weighted by atomic mass is 10.4. The smallest absolute Gasteiger partial charge is 0.345 e. The van der Waals surface area contributed by atoms with Crippen LogP contribution in [0.4, 0.5) is 0 Å². The number of methoxy groups -OCH3 is 1. The van der Waals surface area contributed by atoms with Gasteiger partial charge in [0.2, 0.25) is 0 Å². The molecule has 2 N–H and O–H groups in total. The molecule has 18 heavy (non-hydrogen) atoms. The standard InChI is InChI=1S/C9H11NO6S2/c1-5(9(13)16-2)10-18(14,15)7-4-3-6(17-7)8(11)12/h3-5,10H,1-2H3,(H,11,12). The second kappa shape index (κ2) is 5.46. The summed E-state index contributed by atoms with van der Waals surface area (Å²) in [5.41, 5.74) is 0. The van der Waals surface area contributed by atoms with Crippen LogP contribution in [0, 0.1) is 0 Å². The maximum atomic E-state index is 11.8. The summed E-state index contributed by atoms with van der Waals surface area (Å²) >= 11 is 0.607. The first-order valence-electron chi connectivity index (χ1n) is 4.71. The fourth-order valence-electron chi connectivity index (χ4n) is 1.10. The van der Waals surface area contributed by atoms with Crippen LogP contribution in [-0.4, -0.2) is 38.6 Å². The van der Waals surface area contributed by atoms with E-state index in [1.165, 1.54) is 19.1 Å². The van der Waals surface area contributed by atoms with Gasteiger partial charge < -0.3 is 9.84 Å². The van der Waals surface area contributed by atoms with Crippen molar-refractivity contribution in [2.75, 3.05) is 7.11 Å². The summed E-state index contributed by atoms with van der Waals surface area (Å²) < 4.78 is 29.9. The molecular formula is C9H11NO6S2. The third-order valence-electron chi connectivity index (χ3n) is 1.94. The second-order valence-electron chi connectivity index (χ2n) is 3.29. The van der Waals surface area contributed by atoms with Crippen molar-refractivity contribution in [3.05, 3.63) is 17.0 Å². The molecule has 1 aromatic rings. The first-order valence-corrected chi connectivity index (χ1v) is 7.01. The van der Waals surface area contributed by atoms with Crippen LogP contribution in [0.3, 0.4) is 0 Å². The summed E-state index contributed by atoms with van der Waals surface area (Å²) in [6, 6.07) is 1.31. The minimum absolute atomic E-state index is 0.0962. The van der Waals surface area contributed by atoms with Gasteiger partial charge in [-0.2, -0.15) is 4.72 Å². The van der Waals surface area contributed by atoms with Crippen molar-refractivity contribution in [2.24, 2.45) is 0 Å². The highest BCUT2D eigenvalue weighted by Crippen LogP contribution is 2.21. The van der Waals surface area contributed by atoms with Crippen LogP contribution in [0.25, 0.3) is 0 Å². The Morgan fingerprint density at radius 3 is 2.50 bits per heavy atom. The van der Waals surface area contributed by atoms with Gasteiger partial charge in [-0.3, -0.25) is 4.79 Å². The summed E-state index contributed by atoms with van der Waals surface area (Å²) in [5.74, 6) is -1.93. The normalized spacial score (nSPS) is 13.0. The van der Waals surface area contributed by atoms with E-state index < -0.39 is 28.0 Å². The molecule has 1 unspecified atom stereocenters. The van der Waals surface area contributed by atoms with Gasteiger partial charge in [-0.1, -0.05) is 0 Å². The van der Waals surface area contributed by atoms with Gasteiger partial charge in [0.05, 0.1) is 7.11 Å². The van der Waals surface area contributed by atoms with Gasteiger partial charge in [-0.15, -0.1) is 11.3 Å². The van der Waals surface area contributed by atoms with Crippen molar-refractivity contribution < 1.29 is 27.9 Å². The number of esters is 1. The number of carbonyl (C=O) groups is 2. The Morgan fingerprint density at radius 2 is 2.06 bits per heavy atom. The van der Waals surface area contributed by atoms with Crippen LogP contribution in [0.5, 0.6) is 0 Å². The minimum Gasteiger partial charge on any atom is -0.477 e. The third-order valence-corrected chi connectivity index (χ3v) is 5.05. The van der Waals surface area contributed by atoms with Crippen molar-refractivity contribution in [2.45, 2.75) is 17.2 Å². The number of nitrogens with one attached hydrogen (secondary N) is 1. The molecular weight excluding hydrogens is 282 g/mol. The molecule has 0 aliphatic heterocycles. The highest BCUT2D eigenvalue weighted by molar-refractivity contribution is 7.91. The topological polar surface area (TPSA) is 110 Å². The number of carboxylic acid groups (broad SMARTS) is 1. The number of ether oxygens (including phenoxy) is 1. The van der Waals surface area contributed by atoms with E-state index in [-0.39, 0.29) is 9.09 Å². The Morgan fingerprint density at radius 1 is 1.44 bits per heavy atom. The van der Waals surface area contributed by atoms with E-state index in [2.05, 4.69) is 9.46 Å². The van der Waals surface area contributed by atoms with Gasteiger partial charge in [0.15, 0.2) is 0 Å². The lowest BCUT2D eigenvalue weighted by molar-refractivity contribution is -0.142. The SMILES string of the molecule is COC(=O)C(C)NS(=O)(=O)c1ccc(C(=O)O)s1. The number of rotatable bonds is 5. The maximum Gasteiger partial charge on any atom is 0.345 e. The molecule has 7 nitrogen and oxygen atoms in total. The highest BCUT2D eigenvalue weighted by Gasteiger charge is 2.24. The average molecular weight is 293 g/mol. The Hall–Kier alpha value is -1.45. The van der Waals surface area contributed by atoms with E-state index in [1.807, 2.05) is 0 Å². The molecule has 9 heteroatoms. The average Bonchev–Trinajstić information content (AvgIpc) is 2.77. The zero-order chi connectivity index (χ0) is 13.9. The van der Waals surface area contributed by atoms with Crippen molar-refractivity contribution >= 4 is 33.3 Å². The highest BCUT2D eigenvalue weighted by atomic mass is 32.2. The number of carboxylic acids is 1. The number of sulfonamides is 1. The molecule has 1 atom stereocenters. The van der Waals surface area contributed by atoms with Crippen molar-refractivity contribution in [1.82, 2.24) is 4.72 Å². The Bertz CT molecular complexity index is 561. The van der Waals surface area contributed by atoms with E-state index in [1.54, 1.807) is 0 Å². The zero-order valence-electron chi connectivity index (χ0n) is 9.54. The molecule has 0 amide bonds. The number of hydrogen-bond acceptors (Lipinski definition) is 6. The van der Waals surface area contributed by atoms with Crippen molar-refractivity contribution in [1.29, 1.82) is 0 Å².